The minimum absolute atomic E-state index is 0.230. The molecule has 1 unspecified atom stereocenters. The van der Waals surface area contributed by atoms with E-state index in [9.17, 15) is 13.6 Å². The molecule has 76 valence electrons. The summed E-state index contributed by atoms with van der Waals surface area (Å²) < 4.78 is 25.8. The molecule has 0 N–H and O–H groups in total. The molecule has 0 heterocycles. The fourth-order valence-electron chi connectivity index (χ4n) is 0.925. The lowest BCUT2D eigenvalue weighted by atomic mass is 10.1. The van der Waals surface area contributed by atoms with E-state index in [-0.39, 0.29) is 5.56 Å². The van der Waals surface area contributed by atoms with Gasteiger partial charge in [-0.3, -0.25) is 4.79 Å². The van der Waals surface area contributed by atoms with Gasteiger partial charge < -0.3 is 0 Å². The van der Waals surface area contributed by atoms with Crippen LogP contribution in [0.2, 0.25) is 0 Å². The van der Waals surface area contributed by atoms with Crippen LogP contribution in [0.1, 0.15) is 10.4 Å². The lowest BCUT2D eigenvalue weighted by Gasteiger charge is -2.05. The van der Waals surface area contributed by atoms with Crippen molar-refractivity contribution in [1.29, 1.82) is 0 Å². The molecule has 0 fully saturated rings. The molecular weight excluding hydrogens is 322 g/mol. The largest absolute Gasteiger partial charge is 0.293 e. The fourth-order valence-corrected chi connectivity index (χ4v) is 1.47. The molecule has 0 saturated heterocycles. The van der Waals surface area contributed by atoms with Gasteiger partial charge in [0.25, 0.3) is 0 Å². The van der Waals surface area contributed by atoms with Crippen molar-refractivity contribution in [3.8, 4) is 0 Å². The Kier molecular flexibility index (Phi) is 4.19. The second-order valence-electron chi connectivity index (χ2n) is 2.61. The predicted molar refractivity (Wildman–Crippen MR) is 57.2 cm³/mol. The second kappa shape index (κ2) is 4.98. The number of rotatable bonds is 3. The monoisotopic (exact) mass is 326 g/mol. The van der Waals surface area contributed by atoms with Gasteiger partial charge in [0, 0.05) is 5.33 Å². The summed E-state index contributed by atoms with van der Waals surface area (Å²) in [6.45, 7) is 0. The van der Waals surface area contributed by atoms with E-state index in [1.54, 1.807) is 0 Å². The van der Waals surface area contributed by atoms with E-state index >= 15 is 0 Å². The maximum atomic E-state index is 13.1. The van der Waals surface area contributed by atoms with Crippen molar-refractivity contribution >= 4 is 37.6 Å². The third-order valence-electron chi connectivity index (χ3n) is 1.61. The number of carbonyl (C=O) groups is 1. The Morgan fingerprint density at radius 3 is 2.64 bits per heavy atom. The maximum Gasteiger partial charge on any atom is 0.180 e. The molecule has 0 aliphatic carbocycles. The fraction of sp³-hybridized carbons (Fsp3) is 0.222. The van der Waals surface area contributed by atoms with Gasteiger partial charge in [0.1, 0.15) is 11.6 Å². The molecule has 0 amide bonds. The van der Waals surface area contributed by atoms with E-state index in [2.05, 4.69) is 31.9 Å². The van der Waals surface area contributed by atoms with Gasteiger partial charge in [-0.15, -0.1) is 0 Å². The number of alkyl halides is 2. The standard InChI is InChI=1S/C9H6Br2F2O/c10-4-7(11)9(14)6-3-5(12)1-2-8(6)13/h1-3,7H,4H2. The number of benzene rings is 1. The average Bonchev–Trinajstić information content (AvgIpc) is 2.19. The lowest BCUT2D eigenvalue weighted by molar-refractivity contribution is 0.0993. The van der Waals surface area contributed by atoms with Crippen LogP contribution in [-0.4, -0.2) is 15.9 Å². The molecule has 0 aliphatic heterocycles. The van der Waals surface area contributed by atoms with Crippen molar-refractivity contribution in [3.05, 3.63) is 35.4 Å². The SMILES string of the molecule is O=C(c1cc(F)ccc1F)C(Br)CBr. The summed E-state index contributed by atoms with van der Waals surface area (Å²) in [5, 5.41) is 0.349. The highest BCUT2D eigenvalue weighted by Crippen LogP contribution is 2.16. The molecule has 0 aromatic heterocycles. The number of halogens is 4. The molecule has 1 nitrogen and oxygen atoms in total. The number of hydrogen-bond acceptors (Lipinski definition) is 1. The van der Waals surface area contributed by atoms with Crippen LogP contribution < -0.4 is 0 Å². The minimum Gasteiger partial charge on any atom is -0.293 e. The van der Waals surface area contributed by atoms with Crippen molar-refractivity contribution < 1.29 is 13.6 Å². The summed E-state index contributed by atoms with van der Waals surface area (Å²) in [4.78, 5) is 10.9. The topological polar surface area (TPSA) is 17.1 Å². The molecule has 0 bridgehead atoms. The Balaban J connectivity index is 3.06. The highest BCUT2D eigenvalue weighted by Gasteiger charge is 2.19. The van der Waals surface area contributed by atoms with Crippen LogP contribution in [0.25, 0.3) is 0 Å². The number of ketones is 1. The zero-order chi connectivity index (χ0) is 10.7. The smallest absolute Gasteiger partial charge is 0.180 e. The molecule has 1 rings (SSSR count). The van der Waals surface area contributed by atoms with Crippen molar-refractivity contribution in [1.82, 2.24) is 0 Å². The highest BCUT2D eigenvalue weighted by atomic mass is 79.9. The minimum atomic E-state index is -0.707. The van der Waals surface area contributed by atoms with Crippen molar-refractivity contribution in [3.63, 3.8) is 0 Å². The van der Waals surface area contributed by atoms with Gasteiger partial charge in [0.05, 0.1) is 10.4 Å². The Hall–Kier alpha value is -0.290. The molecule has 0 spiro atoms. The normalized spacial score (nSPS) is 12.6. The van der Waals surface area contributed by atoms with Gasteiger partial charge in [0.2, 0.25) is 0 Å². The van der Waals surface area contributed by atoms with Gasteiger partial charge in [-0.25, -0.2) is 8.78 Å². The molecule has 1 aromatic carbocycles. The van der Waals surface area contributed by atoms with Gasteiger partial charge in [-0.1, -0.05) is 31.9 Å². The van der Waals surface area contributed by atoms with Gasteiger partial charge in [-0.2, -0.15) is 0 Å². The summed E-state index contributed by atoms with van der Waals surface area (Å²) >= 11 is 6.12. The summed E-state index contributed by atoms with van der Waals surface area (Å²) in [5.41, 5.74) is -0.230. The third-order valence-corrected chi connectivity index (χ3v) is 3.87. The average molecular weight is 328 g/mol. The van der Waals surface area contributed by atoms with E-state index in [1.165, 1.54) is 0 Å². The Morgan fingerprint density at radius 1 is 1.43 bits per heavy atom. The predicted octanol–water partition coefficient (Wildman–Crippen LogP) is 3.31. The van der Waals surface area contributed by atoms with Crippen molar-refractivity contribution in [2.45, 2.75) is 4.83 Å². The van der Waals surface area contributed by atoms with Crippen LogP contribution in [0, 0.1) is 11.6 Å². The third kappa shape index (κ3) is 2.60. The van der Waals surface area contributed by atoms with Crippen LogP contribution >= 0.6 is 31.9 Å². The molecule has 1 aromatic rings. The van der Waals surface area contributed by atoms with Crippen LogP contribution in [0.5, 0.6) is 0 Å². The number of Topliss-reactive ketones (excluding diaryl/α,β-unsaturated/α-hetero) is 1. The number of carbonyl (C=O) groups excluding carboxylic acids is 1. The summed E-state index contributed by atoms with van der Waals surface area (Å²) in [6, 6.07) is 2.81. The molecule has 14 heavy (non-hydrogen) atoms. The first kappa shape index (κ1) is 11.8. The van der Waals surface area contributed by atoms with Gasteiger partial charge in [-0.05, 0) is 18.2 Å². The van der Waals surface area contributed by atoms with E-state index in [1.807, 2.05) is 0 Å². The molecule has 0 radical (unpaired) electrons. The first-order valence-electron chi connectivity index (χ1n) is 3.75. The Morgan fingerprint density at radius 2 is 2.07 bits per heavy atom. The van der Waals surface area contributed by atoms with Crippen LogP contribution in [0.15, 0.2) is 18.2 Å². The zero-order valence-corrected chi connectivity index (χ0v) is 10.1. The second-order valence-corrected chi connectivity index (χ2v) is 4.36. The summed E-state index contributed by atoms with van der Waals surface area (Å²) in [5.74, 6) is -1.80. The van der Waals surface area contributed by atoms with Crippen molar-refractivity contribution in [2.24, 2.45) is 0 Å². The number of hydrogen-bond donors (Lipinski definition) is 0. The van der Waals surface area contributed by atoms with Gasteiger partial charge in [0.15, 0.2) is 5.78 Å². The molecule has 5 heteroatoms. The molecule has 0 aliphatic rings. The van der Waals surface area contributed by atoms with Crippen molar-refractivity contribution in [2.75, 3.05) is 5.33 Å². The first-order chi connectivity index (χ1) is 6.56. The summed E-state index contributed by atoms with van der Waals surface area (Å²) in [6.07, 6.45) is 0. The van der Waals surface area contributed by atoms with E-state index < -0.39 is 22.2 Å². The van der Waals surface area contributed by atoms with Gasteiger partial charge >= 0.3 is 0 Å². The molecule has 0 saturated carbocycles. The Labute approximate surface area is 96.8 Å². The summed E-state index contributed by atoms with van der Waals surface area (Å²) in [7, 11) is 0. The zero-order valence-electron chi connectivity index (χ0n) is 6.94. The lowest BCUT2D eigenvalue weighted by Crippen LogP contribution is -2.17. The first-order valence-corrected chi connectivity index (χ1v) is 5.79. The maximum absolute atomic E-state index is 13.1. The Bertz CT molecular complexity index is 355. The molecular formula is C9H6Br2F2O. The van der Waals surface area contributed by atoms with E-state index in [0.717, 1.165) is 18.2 Å². The van der Waals surface area contributed by atoms with E-state index in [0.29, 0.717) is 5.33 Å². The van der Waals surface area contributed by atoms with Crippen LogP contribution in [0.4, 0.5) is 8.78 Å². The van der Waals surface area contributed by atoms with E-state index in [4.69, 9.17) is 0 Å². The van der Waals surface area contributed by atoms with Crippen LogP contribution in [-0.2, 0) is 0 Å². The highest BCUT2D eigenvalue weighted by molar-refractivity contribution is 9.12. The quantitative estimate of drug-likeness (QED) is 0.615. The molecule has 1 atom stereocenters. The van der Waals surface area contributed by atoms with Crippen LogP contribution in [0.3, 0.4) is 0 Å².